The zero-order valence-corrected chi connectivity index (χ0v) is 20.8. The molecule has 5 nitrogen and oxygen atoms in total. The third-order valence-electron chi connectivity index (χ3n) is 7.11. The Labute approximate surface area is 209 Å². The van der Waals surface area contributed by atoms with Crippen molar-refractivity contribution in [2.45, 2.75) is 25.8 Å². The first-order chi connectivity index (χ1) is 17.0. The maximum absolute atomic E-state index is 13.5. The highest BCUT2D eigenvalue weighted by atomic mass is 32.1. The van der Waals surface area contributed by atoms with E-state index >= 15 is 0 Å². The van der Waals surface area contributed by atoms with Crippen LogP contribution in [0.25, 0.3) is 0 Å². The van der Waals surface area contributed by atoms with Gasteiger partial charge in [-0.2, -0.15) is 0 Å². The first-order valence-electron chi connectivity index (χ1n) is 12.2. The van der Waals surface area contributed by atoms with Gasteiger partial charge in [0, 0.05) is 43.2 Å². The summed E-state index contributed by atoms with van der Waals surface area (Å²) in [7, 11) is 0. The molecule has 2 aliphatic heterocycles. The van der Waals surface area contributed by atoms with Crippen LogP contribution >= 0.6 is 11.3 Å². The number of fused-ring (bicyclic) bond motifs is 1. The molecular weight excluding hydrogens is 461 g/mol. The van der Waals surface area contributed by atoms with Gasteiger partial charge in [0.15, 0.2) is 0 Å². The summed E-state index contributed by atoms with van der Waals surface area (Å²) in [5.74, 6) is -0.358. The Morgan fingerprint density at radius 1 is 0.914 bits per heavy atom. The minimum Gasteiger partial charge on any atom is -0.340 e. The molecule has 0 spiro atoms. The molecule has 1 fully saturated rings. The van der Waals surface area contributed by atoms with Crippen molar-refractivity contribution in [3.8, 4) is 0 Å². The molecule has 0 saturated carbocycles. The number of thiophene rings is 1. The second-order valence-electron chi connectivity index (χ2n) is 9.31. The van der Waals surface area contributed by atoms with Gasteiger partial charge in [0.2, 0.25) is 5.91 Å². The monoisotopic (exact) mass is 491 g/mol. The average molecular weight is 492 g/mol. The number of amides is 2. The van der Waals surface area contributed by atoms with Crippen LogP contribution in [0.3, 0.4) is 0 Å². The van der Waals surface area contributed by atoms with E-state index in [9.17, 15) is 14.0 Å². The summed E-state index contributed by atoms with van der Waals surface area (Å²) in [6.45, 7) is 5.57. The zero-order valence-electron chi connectivity index (χ0n) is 20.0. The number of hydrogen-bond donors (Lipinski definition) is 0. The molecule has 1 saturated heterocycles. The van der Waals surface area contributed by atoms with Crippen LogP contribution < -0.4 is 0 Å². The molecule has 3 aromatic rings. The fourth-order valence-corrected chi connectivity index (χ4v) is 6.12. The molecule has 3 heterocycles. The average Bonchev–Trinajstić information content (AvgIpc) is 3.20. The van der Waals surface area contributed by atoms with Gasteiger partial charge in [-0.05, 0) is 72.2 Å². The molecule has 0 bridgehead atoms. The van der Waals surface area contributed by atoms with E-state index in [0.717, 1.165) is 19.4 Å². The summed E-state index contributed by atoms with van der Waals surface area (Å²) in [5, 5.41) is 2.16. The number of halogens is 1. The molecule has 182 valence electrons. The van der Waals surface area contributed by atoms with Crippen LogP contribution in [0.2, 0.25) is 0 Å². The van der Waals surface area contributed by atoms with Crippen molar-refractivity contribution in [3.63, 3.8) is 0 Å². The lowest BCUT2D eigenvalue weighted by Crippen LogP contribution is -2.45. The largest absolute Gasteiger partial charge is 0.340 e. The summed E-state index contributed by atoms with van der Waals surface area (Å²) in [6.07, 6.45) is 1.69. The van der Waals surface area contributed by atoms with Crippen molar-refractivity contribution < 1.29 is 14.0 Å². The second-order valence-corrected chi connectivity index (χ2v) is 10.3. The van der Waals surface area contributed by atoms with E-state index in [0.29, 0.717) is 38.3 Å². The molecule has 0 aliphatic carbocycles. The lowest BCUT2D eigenvalue weighted by molar-refractivity contribution is -0.132. The predicted molar refractivity (Wildman–Crippen MR) is 136 cm³/mol. The molecule has 2 aliphatic rings. The molecule has 2 amide bonds. The molecule has 0 radical (unpaired) electrons. The highest BCUT2D eigenvalue weighted by Crippen LogP contribution is 2.38. The van der Waals surface area contributed by atoms with E-state index in [1.807, 2.05) is 4.90 Å². The molecule has 35 heavy (non-hydrogen) atoms. The van der Waals surface area contributed by atoms with Gasteiger partial charge in [-0.15, -0.1) is 11.3 Å². The highest BCUT2D eigenvalue weighted by Gasteiger charge is 2.33. The molecule has 0 unspecified atom stereocenters. The predicted octanol–water partition coefficient (Wildman–Crippen LogP) is 4.52. The minimum atomic E-state index is -0.356. The summed E-state index contributed by atoms with van der Waals surface area (Å²) >= 11 is 1.80. The standard InChI is InChI=1S/C28H30FN3O2S/c1-20-5-2-3-6-23(20)27-24-12-18-35-25(24)11-15-32(27)19-26(33)30-13-4-14-31(17-16-30)28(34)21-7-9-22(29)10-8-21/h2-3,5-10,12,18,27H,4,11,13-17,19H2,1H3/t27-/m0/s1. The number of aryl methyl sites for hydroxylation is 1. The number of carbonyl (C=O) groups excluding carboxylic acids is 2. The van der Waals surface area contributed by atoms with Gasteiger partial charge >= 0.3 is 0 Å². The van der Waals surface area contributed by atoms with E-state index in [4.69, 9.17) is 0 Å². The molecule has 1 aromatic heterocycles. The molecular formula is C28H30FN3O2S. The van der Waals surface area contributed by atoms with Crippen LogP contribution in [0.4, 0.5) is 4.39 Å². The number of hydrogen-bond acceptors (Lipinski definition) is 4. The zero-order chi connectivity index (χ0) is 24.4. The topological polar surface area (TPSA) is 43.9 Å². The Morgan fingerprint density at radius 3 is 2.46 bits per heavy atom. The van der Waals surface area contributed by atoms with Gasteiger partial charge in [0.1, 0.15) is 5.82 Å². The maximum atomic E-state index is 13.5. The second kappa shape index (κ2) is 10.3. The van der Waals surface area contributed by atoms with Gasteiger partial charge in [-0.3, -0.25) is 14.5 Å². The molecule has 1 atom stereocenters. The fourth-order valence-electron chi connectivity index (χ4n) is 5.22. The Kier molecular flexibility index (Phi) is 6.97. The van der Waals surface area contributed by atoms with Crippen molar-refractivity contribution in [3.05, 3.63) is 92.9 Å². The van der Waals surface area contributed by atoms with Crippen molar-refractivity contribution in [2.24, 2.45) is 0 Å². The summed E-state index contributed by atoms with van der Waals surface area (Å²) in [4.78, 5) is 33.7. The molecule has 7 heteroatoms. The first kappa shape index (κ1) is 23.7. The van der Waals surface area contributed by atoms with Crippen LogP contribution in [-0.4, -0.2) is 65.8 Å². The third kappa shape index (κ3) is 5.02. The highest BCUT2D eigenvalue weighted by molar-refractivity contribution is 7.10. The van der Waals surface area contributed by atoms with Gasteiger partial charge in [-0.1, -0.05) is 24.3 Å². The fraction of sp³-hybridized carbons (Fsp3) is 0.357. The van der Waals surface area contributed by atoms with Crippen LogP contribution in [0.1, 0.15) is 44.4 Å². The van der Waals surface area contributed by atoms with Crippen molar-refractivity contribution in [2.75, 3.05) is 39.3 Å². The van der Waals surface area contributed by atoms with E-state index in [1.54, 1.807) is 16.2 Å². The van der Waals surface area contributed by atoms with Gasteiger partial charge in [0.25, 0.3) is 5.91 Å². The first-order valence-corrected chi connectivity index (χ1v) is 13.1. The normalized spacial score (nSPS) is 18.7. The Bertz CT molecular complexity index is 1210. The van der Waals surface area contributed by atoms with E-state index in [2.05, 4.69) is 47.5 Å². The summed E-state index contributed by atoms with van der Waals surface area (Å²) < 4.78 is 13.2. The van der Waals surface area contributed by atoms with E-state index < -0.39 is 0 Å². The number of rotatable bonds is 4. The van der Waals surface area contributed by atoms with Crippen LogP contribution in [0.15, 0.2) is 60.0 Å². The number of carbonyl (C=O) groups is 2. The van der Waals surface area contributed by atoms with Crippen LogP contribution in [-0.2, 0) is 11.2 Å². The van der Waals surface area contributed by atoms with Crippen LogP contribution in [0.5, 0.6) is 0 Å². The maximum Gasteiger partial charge on any atom is 0.253 e. The van der Waals surface area contributed by atoms with Gasteiger partial charge < -0.3 is 9.80 Å². The van der Waals surface area contributed by atoms with Crippen molar-refractivity contribution >= 4 is 23.2 Å². The quantitative estimate of drug-likeness (QED) is 0.539. The molecule has 5 rings (SSSR count). The lowest BCUT2D eigenvalue weighted by atomic mass is 9.90. The Morgan fingerprint density at radius 2 is 1.66 bits per heavy atom. The van der Waals surface area contributed by atoms with Crippen molar-refractivity contribution in [1.82, 2.24) is 14.7 Å². The van der Waals surface area contributed by atoms with E-state index in [-0.39, 0.29) is 23.7 Å². The minimum absolute atomic E-state index is 0.0821. The Hall–Kier alpha value is -3.03. The Balaban J connectivity index is 1.28. The smallest absolute Gasteiger partial charge is 0.253 e. The van der Waals surface area contributed by atoms with E-state index in [1.165, 1.54) is 45.8 Å². The summed E-state index contributed by atoms with van der Waals surface area (Å²) in [6, 6.07) is 16.4. The third-order valence-corrected chi connectivity index (χ3v) is 8.11. The van der Waals surface area contributed by atoms with Gasteiger partial charge in [0.05, 0.1) is 12.6 Å². The number of benzene rings is 2. The molecule has 0 N–H and O–H groups in total. The molecule has 2 aromatic carbocycles. The summed E-state index contributed by atoms with van der Waals surface area (Å²) in [5.41, 5.74) is 4.28. The number of nitrogens with zero attached hydrogens (tertiary/aromatic N) is 3. The van der Waals surface area contributed by atoms with Gasteiger partial charge in [-0.25, -0.2) is 4.39 Å². The van der Waals surface area contributed by atoms with Crippen LogP contribution in [0, 0.1) is 12.7 Å². The lowest BCUT2D eigenvalue weighted by Gasteiger charge is -2.37. The SMILES string of the molecule is Cc1ccccc1[C@H]1c2ccsc2CCN1CC(=O)N1CCCN(C(=O)c2ccc(F)cc2)CC1. The van der Waals surface area contributed by atoms with Crippen molar-refractivity contribution in [1.29, 1.82) is 0 Å².